The van der Waals surface area contributed by atoms with Crippen molar-refractivity contribution >= 4 is 43.6 Å². The zero-order valence-corrected chi connectivity index (χ0v) is 17.5. The van der Waals surface area contributed by atoms with E-state index in [4.69, 9.17) is 9.88 Å². The summed E-state index contributed by atoms with van der Waals surface area (Å²) in [5, 5.41) is 7.97. The molecule has 0 fully saturated rings. The van der Waals surface area contributed by atoms with Crippen molar-refractivity contribution in [2.45, 2.75) is 52.3 Å². The van der Waals surface area contributed by atoms with Crippen LogP contribution in [0.5, 0.6) is 0 Å². The highest BCUT2D eigenvalue weighted by atomic mass is 35.5. The minimum Gasteiger partial charge on any atom is -0.385 e. The number of hydrogen-bond donors (Lipinski definition) is 2. The van der Waals surface area contributed by atoms with Gasteiger partial charge in [0, 0.05) is 25.3 Å². The standard InChI is InChI=1S/C14H24N2O5S3.ClH/c1-3-6-16-12-8-10(5-4-7-21-2)23(17,18)14-11(12)9-13(22-14)24(15,19)20;/h9-10,12,16H,3-8H2,1-2H3,(H2,15,19,20);1H. The lowest BCUT2D eigenvalue weighted by Gasteiger charge is -2.30. The van der Waals surface area contributed by atoms with Crippen molar-refractivity contribution in [1.29, 1.82) is 0 Å². The molecule has 0 saturated carbocycles. The maximum absolute atomic E-state index is 12.9. The highest BCUT2D eigenvalue weighted by molar-refractivity contribution is 7.95. The molecule has 0 aromatic carbocycles. The minimum absolute atomic E-state index is 0. The molecular weight excluding hydrogens is 408 g/mol. The number of sulfone groups is 1. The first-order valence-electron chi connectivity index (χ1n) is 7.84. The third-order valence-electron chi connectivity index (χ3n) is 4.07. The van der Waals surface area contributed by atoms with E-state index in [0.717, 1.165) is 24.3 Å². The van der Waals surface area contributed by atoms with Crippen molar-refractivity contribution in [3.8, 4) is 0 Å². The fourth-order valence-electron chi connectivity index (χ4n) is 2.88. The molecule has 0 aliphatic carbocycles. The maximum Gasteiger partial charge on any atom is 0.247 e. The Balaban J connectivity index is 0.00000312. The average Bonchev–Trinajstić information content (AvgIpc) is 2.95. The van der Waals surface area contributed by atoms with E-state index in [-0.39, 0.29) is 26.9 Å². The van der Waals surface area contributed by atoms with Gasteiger partial charge in [0.2, 0.25) is 10.0 Å². The molecule has 11 heteroatoms. The van der Waals surface area contributed by atoms with E-state index in [1.807, 2.05) is 6.92 Å². The van der Waals surface area contributed by atoms with Gasteiger partial charge in [0.1, 0.15) is 8.42 Å². The van der Waals surface area contributed by atoms with Gasteiger partial charge in [0.05, 0.1) is 5.25 Å². The first-order chi connectivity index (χ1) is 11.2. The first-order valence-corrected chi connectivity index (χ1v) is 11.8. The number of nitrogens with one attached hydrogen (secondary N) is 1. The lowest BCUT2D eigenvalue weighted by atomic mass is 10.0. The largest absolute Gasteiger partial charge is 0.385 e. The Labute approximate surface area is 159 Å². The summed E-state index contributed by atoms with van der Waals surface area (Å²) < 4.78 is 54.0. The Morgan fingerprint density at radius 3 is 2.68 bits per heavy atom. The quantitative estimate of drug-likeness (QED) is 0.605. The summed E-state index contributed by atoms with van der Waals surface area (Å²) in [6, 6.07) is 1.23. The monoisotopic (exact) mass is 432 g/mol. The fraction of sp³-hybridized carbons (Fsp3) is 0.714. The Bertz CT molecular complexity index is 776. The molecule has 1 aliphatic rings. The highest BCUT2D eigenvalue weighted by Gasteiger charge is 2.41. The number of nitrogens with two attached hydrogens (primary N) is 1. The Morgan fingerprint density at radius 1 is 1.44 bits per heavy atom. The second-order valence-corrected chi connectivity index (χ2v) is 11.2. The molecule has 2 rings (SSSR count). The van der Waals surface area contributed by atoms with Gasteiger partial charge in [-0.3, -0.25) is 0 Å². The van der Waals surface area contributed by atoms with E-state index in [1.165, 1.54) is 6.07 Å². The normalized spacial score (nSPS) is 22.2. The second kappa shape index (κ2) is 9.12. The van der Waals surface area contributed by atoms with Crippen molar-refractivity contribution in [3.05, 3.63) is 11.6 Å². The summed E-state index contributed by atoms with van der Waals surface area (Å²) >= 11 is 0.757. The predicted molar refractivity (Wildman–Crippen MR) is 101 cm³/mol. The Morgan fingerprint density at radius 2 is 2.12 bits per heavy atom. The smallest absolute Gasteiger partial charge is 0.247 e. The molecule has 2 unspecified atom stereocenters. The molecule has 25 heavy (non-hydrogen) atoms. The molecular formula is C14H25ClN2O5S3. The van der Waals surface area contributed by atoms with Gasteiger partial charge < -0.3 is 10.1 Å². The van der Waals surface area contributed by atoms with Gasteiger partial charge in [-0.1, -0.05) is 6.92 Å². The lowest BCUT2D eigenvalue weighted by molar-refractivity contribution is 0.191. The average molecular weight is 433 g/mol. The molecule has 1 aliphatic heterocycles. The number of sulfonamides is 1. The summed E-state index contributed by atoms with van der Waals surface area (Å²) in [7, 11) is -5.90. The van der Waals surface area contributed by atoms with Gasteiger partial charge >= 0.3 is 0 Å². The fourth-order valence-corrected chi connectivity index (χ4v) is 7.63. The first kappa shape index (κ1) is 22.8. The number of thiophene rings is 1. The van der Waals surface area contributed by atoms with Crippen LogP contribution in [0.3, 0.4) is 0 Å². The van der Waals surface area contributed by atoms with Crippen LogP contribution in [0.15, 0.2) is 14.5 Å². The zero-order chi connectivity index (χ0) is 18.0. The Kier molecular flexibility index (Phi) is 8.32. The van der Waals surface area contributed by atoms with Crippen molar-refractivity contribution in [2.24, 2.45) is 5.14 Å². The zero-order valence-electron chi connectivity index (χ0n) is 14.2. The molecule has 0 spiro atoms. The summed E-state index contributed by atoms with van der Waals surface area (Å²) in [5.41, 5.74) is 0.528. The third-order valence-corrected chi connectivity index (χ3v) is 9.44. The number of ether oxygens (including phenoxy) is 1. The van der Waals surface area contributed by atoms with Crippen LogP contribution in [0.25, 0.3) is 0 Å². The van der Waals surface area contributed by atoms with Crippen LogP contribution in [0.4, 0.5) is 0 Å². The number of fused-ring (bicyclic) bond motifs is 1. The number of rotatable bonds is 8. The number of methoxy groups -OCH3 is 1. The molecule has 0 bridgehead atoms. The molecule has 2 heterocycles. The van der Waals surface area contributed by atoms with E-state index in [2.05, 4.69) is 5.32 Å². The number of halogens is 1. The van der Waals surface area contributed by atoms with Gasteiger partial charge in [0.15, 0.2) is 9.84 Å². The highest BCUT2D eigenvalue weighted by Crippen LogP contribution is 2.43. The SMILES string of the molecule is CCCNC1CC(CCCOC)S(=O)(=O)c2sc(S(N)(=O)=O)cc21.Cl. The summed E-state index contributed by atoms with van der Waals surface area (Å²) in [6.07, 6.45) is 2.46. The molecule has 7 nitrogen and oxygen atoms in total. The predicted octanol–water partition coefficient (Wildman–Crippen LogP) is 1.83. The number of hydrogen-bond acceptors (Lipinski definition) is 7. The molecule has 1 aromatic rings. The van der Waals surface area contributed by atoms with Crippen molar-refractivity contribution in [3.63, 3.8) is 0 Å². The molecule has 0 radical (unpaired) electrons. The molecule has 0 amide bonds. The van der Waals surface area contributed by atoms with Crippen LogP contribution in [-0.4, -0.2) is 42.3 Å². The topological polar surface area (TPSA) is 116 Å². The van der Waals surface area contributed by atoms with Crippen LogP contribution < -0.4 is 10.5 Å². The van der Waals surface area contributed by atoms with Gasteiger partial charge in [-0.25, -0.2) is 22.0 Å². The maximum atomic E-state index is 12.9. The van der Waals surface area contributed by atoms with Crippen molar-refractivity contribution in [1.82, 2.24) is 5.32 Å². The van der Waals surface area contributed by atoms with Crippen LogP contribution in [0.2, 0.25) is 0 Å². The van der Waals surface area contributed by atoms with Crippen molar-refractivity contribution in [2.75, 3.05) is 20.3 Å². The molecule has 2 atom stereocenters. The lowest BCUT2D eigenvalue weighted by Crippen LogP contribution is -2.35. The van der Waals surface area contributed by atoms with Crippen LogP contribution >= 0.6 is 23.7 Å². The van der Waals surface area contributed by atoms with E-state index in [0.29, 0.717) is 31.4 Å². The van der Waals surface area contributed by atoms with Crippen LogP contribution in [-0.2, 0) is 24.6 Å². The molecule has 1 aromatic heterocycles. The van der Waals surface area contributed by atoms with Crippen LogP contribution in [0, 0.1) is 0 Å². The summed E-state index contributed by atoms with van der Waals surface area (Å²) in [5.74, 6) is 0. The van der Waals surface area contributed by atoms with Gasteiger partial charge in [-0.05, 0) is 38.3 Å². The summed E-state index contributed by atoms with van der Waals surface area (Å²) in [6.45, 7) is 3.25. The van der Waals surface area contributed by atoms with Gasteiger partial charge in [0.25, 0.3) is 0 Å². The van der Waals surface area contributed by atoms with E-state index < -0.39 is 25.1 Å². The summed E-state index contributed by atoms with van der Waals surface area (Å²) in [4.78, 5) is 0. The van der Waals surface area contributed by atoms with Crippen molar-refractivity contribution < 1.29 is 21.6 Å². The van der Waals surface area contributed by atoms with Gasteiger partial charge in [-0.2, -0.15) is 0 Å². The molecule has 3 N–H and O–H groups in total. The Hall–Kier alpha value is -0.230. The number of primary sulfonamides is 1. The van der Waals surface area contributed by atoms with Crippen LogP contribution in [0.1, 0.15) is 44.2 Å². The second-order valence-electron chi connectivity index (χ2n) is 5.90. The molecule has 0 saturated heterocycles. The van der Waals surface area contributed by atoms with E-state index in [9.17, 15) is 16.8 Å². The van der Waals surface area contributed by atoms with E-state index in [1.54, 1.807) is 7.11 Å². The third kappa shape index (κ3) is 5.15. The molecule has 146 valence electrons. The van der Waals surface area contributed by atoms with Gasteiger partial charge in [-0.15, -0.1) is 23.7 Å². The van der Waals surface area contributed by atoms with E-state index >= 15 is 0 Å². The minimum atomic E-state index is -3.92.